The first-order valence-corrected chi connectivity index (χ1v) is 10.7. The molecule has 0 saturated heterocycles. The lowest BCUT2D eigenvalue weighted by Crippen LogP contribution is -2.35. The van der Waals surface area contributed by atoms with E-state index in [0.717, 1.165) is 31.2 Å². The third kappa shape index (κ3) is 6.61. The third-order valence-electron chi connectivity index (χ3n) is 3.87. The Morgan fingerprint density at radius 2 is 1.61 bits per heavy atom. The van der Waals surface area contributed by atoms with E-state index in [1.54, 1.807) is 12.1 Å². The molecule has 0 aliphatic rings. The van der Waals surface area contributed by atoms with E-state index in [1.165, 1.54) is 0 Å². The van der Waals surface area contributed by atoms with E-state index in [9.17, 15) is 8.42 Å². The molecule has 1 aromatic rings. The Morgan fingerprint density at radius 3 is 2.09 bits per heavy atom. The van der Waals surface area contributed by atoms with E-state index >= 15 is 0 Å². The molecular formula is C17H27Cl2NO2S. The SMILES string of the molecule is CCCC(CCC)C(NS(=O)(=O)CCC)c1ccc(Cl)c(Cl)c1. The molecule has 3 nitrogen and oxygen atoms in total. The van der Waals surface area contributed by atoms with Crippen LogP contribution in [0.15, 0.2) is 18.2 Å². The lowest BCUT2D eigenvalue weighted by atomic mass is 9.87. The summed E-state index contributed by atoms with van der Waals surface area (Å²) in [6, 6.07) is 5.11. The highest BCUT2D eigenvalue weighted by Crippen LogP contribution is 2.33. The van der Waals surface area contributed by atoms with Crippen molar-refractivity contribution in [1.82, 2.24) is 4.72 Å². The molecule has 0 radical (unpaired) electrons. The highest BCUT2D eigenvalue weighted by molar-refractivity contribution is 7.89. The summed E-state index contributed by atoms with van der Waals surface area (Å²) in [4.78, 5) is 0. The maximum atomic E-state index is 12.3. The van der Waals surface area contributed by atoms with Crippen LogP contribution >= 0.6 is 23.2 Å². The van der Waals surface area contributed by atoms with Crippen molar-refractivity contribution in [1.29, 1.82) is 0 Å². The first-order chi connectivity index (χ1) is 10.8. The molecule has 0 aliphatic heterocycles. The summed E-state index contributed by atoms with van der Waals surface area (Å²) in [5, 5.41) is 0.934. The maximum absolute atomic E-state index is 12.3. The molecule has 1 aromatic carbocycles. The van der Waals surface area contributed by atoms with Crippen LogP contribution in [0.2, 0.25) is 10.0 Å². The molecule has 0 heterocycles. The third-order valence-corrected chi connectivity index (χ3v) is 6.17. The second-order valence-corrected chi connectivity index (χ2v) is 8.61. The Labute approximate surface area is 150 Å². The smallest absolute Gasteiger partial charge is 0.212 e. The van der Waals surface area contributed by atoms with Gasteiger partial charge in [0.25, 0.3) is 0 Å². The lowest BCUT2D eigenvalue weighted by molar-refractivity contribution is 0.347. The predicted octanol–water partition coefficient (Wildman–Crippen LogP) is 5.58. The van der Waals surface area contributed by atoms with Crippen molar-refractivity contribution < 1.29 is 8.42 Å². The van der Waals surface area contributed by atoms with Gasteiger partial charge in [-0.1, -0.05) is 62.9 Å². The van der Waals surface area contributed by atoms with E-state index in [2.05, 4.69) is 18.6 Å². The van der Waals surface area contributed by atoms with Crippen LogP contribution in [0, 0.1) is 5.92 Å². The first kappa shape index (κ1) is 20.8. The average molecular weight is 380 g/mol. The second-order valence-electron chi connectivity index (χ2n) is 5.93. The Morgan fingerprint density at radius 1 is 1.00 bits per heavy atom. The molecule has 1 atom stereocenters. The molecule has 0 amide bonds. The van der Waals surface area contributed by atoms with Gasteiger partial charge >= 0.3 is 0 Å². The maximum Gasteiger partial charge on any atom is 0.212 e. The van der Waals surface area contributed by atoms with Crippen molar-refractivity contribution in [2.75, 3.05) is 5.75 Å². The number of benzene rings is 1. The predicted molar refractivity (Wildman–Crippen MR) is 99.7 cm³/mol. The fourth-order valence-electron chi connectivity index (χ4n) is 2.88. The highest BCUT2D eigenvalue weighted by Gasteiger charge is 2.26. The van der Waals surface area contributed by atoms with E-state index in [1.807, 2.05) is 13.0 Å². The van der Waals surface area contributed by atoms with Crippen LogP contribution in [-0.4, -0.2) is 14.2 Å². The Kier molecular flexibility index (Phi) is 8.91. The van der Waals surface area contributed by atoms with Crippen molar-refractivity contribution in [2.45, 2.75) is 58.9 Å². The van der Waals surface area contributed by atoms with Gasteiger partial charge in [0.05, 0.1) is 15.8 Å². The quantitative estimate of drug-likeness (QED) is 0.576. The van der Waals surface area contributed by atoms with Crippen LogP contribution in [0.3, 0.4) is 0 Å². The topological polar surface area (TPSA) is 46.2 Å². The Bertz CT molecular complexity index is 584. The summed E-state index contributed by atoms with van der Waals surface area (Å²) >= 11 is 12.1. The van der Waals surface area contributed by atoms with E-state index in [4.69, 9.17) is 23.2 Å². The normalized spacial score (nSPS) is 13.5. The first-order valence-electron chi connectivity index (χ1n) is 8.29. The molecule has 0 spiro atoms. The van der Waals surface area contributed by atoms with Gasteiger partial charge in [-0.25, -0.2) is 13.1 Å². The molecule has 1 rings (SSSR count). The van der Waals surface area contributed by atoms with Gasteiger partial charge in [-0.15, -0.1) is 0 Å². The fraction of sp³-hybridized carbons (Fsp3) is 0.647. The highest BCUT2D eigenvalue weighted by atomic mass is 35.5. The van der Waals surface area contributed by atoms with Gasteiger partial charge in [-0.3, -0.25) is 0 Å². The molecule has 0 aromatic heterocycles. The summed E-state index contributed by atoms with van der Waals surface area (Å²) < 4.78 is 27.5. The van der Waals surface area contributed by atoms with Gasteiger partial charge in [0.2, 0.25) is 10.0 Å². The number of halogens is 2. The summed E-state index contributed by atoms with van der Waals surface area (Å²) in [5.74, 6) is 0.379. The van der Waals surface area contributed by atoms with Gasteiger partial charge in [0.1, 0.15) is 0 Å². The number of nitrogens with one attached hydrogen (secondary N) is 1. The second kappa shape index (κ2) is 9.87. The fourth-order valence-corrected chi connectivity index (χ4v) is 4.56. The number of sulfonamides is 1. The van der Waals surface area contributed by atoms with Gasteiger partial charge in [0.15, 0.2) is 0 Å². The van der Waals surface area contributed by atoms with E-state index in [0.29, 0.717) is 16.5 Å². The zero-order valence-corrected chi connectivity index (χ0v) is 16.4. The summed E-state index contributed by atoms with van der Waals surface area (Å²) in [6.07, 6.45) is 4.55. The standard InChI is InChI=1S/C17H27Cl2NO2S/c1-4-7-13(8-5-2)17(20-23(21,22)11-6-3)14-9-10-15(18)16(19)12-14/h9-10,12-13,17,20H,4-8,11H2,1-3H3. The van der Waals surface area contributed by atoms with Gasteiger partial charge < -0.3 is 0 Å². The molecular weight excluding hydrogens is 353 g/mol. The summed E-state index contributed by atoms with van der Waals surface area (Å²) in [6.45, 7) is 6.10. The molecule has 6 heteroatoms. The Hall–Kier alpha value is -0.290. The van der Waals surface area contributed by atoms with Gasteiger partial charge in [-0.2, -0.15) is 0 Å². The molecule has 0 aliphatic carbocycles. The molecule has 0 bridgehead atoms. The van der Waals surface area contributed by atoms with E-state index in [-0.39, 0.29) is 17.7 Å². The molecule has 23 heavy (non-hydrogen) atoms. The van der Waals surface area contributed by atoms with Crippen LogP contribution < -0.4 is 4.72 Å². The molecule has 0 fully saturated rings. The van der Waals surface area contributed by atoms with Crippen molar-refractivity contribution in [2.24, 2.45) is 5.92 Å². The molecule has 1 N–H and O–H groups in total. The van der Waals surface area contributed by atoms with Crippen LogP contribution in [0.1, 0.15) is 64.5 Å². The van der Waals surface area contributed by atoms with Crippen molar-refractivity contribution >= 4 is 33.2 Å². The largest absolute Gasteiger partial charge is 0.212 e. The monoisotopic (exact) mass is 379 g/mol. The van der Waals surface area contributed by atoms with Crippen molar-refractivity contribution in [3.63, 3.8) is 0 Å². The van der Waals surface area contributed by atoms with Crippen molar-refractivity contribution in [3.8, 4) is 0 Å². The van der Waals surface area contributed by atoms with Gasteiger partial charge in [-0.05, 0) is 42.9 Å². The zero-order valence-electron chi connectivity index (χ0n) is 14.1. The van der Waals surface area contributed by atoms with Crippen LogP contribution in [0.5, 0.6) is 0 Å². The minimum Gasteiger partial charge on any atom is -0.212 e. The summed E-state index contributed by atoms with van der Waals surface area (Å²) in [7, 11) is -3.31. The van der Waals surface area contributed by atoms with Crippen LogP contribution in [-0.2, 0) is 10.0 Å². The van der Waals surface area contributed by atoms with Crippen molar-refractivity contribution in [3.05, 3.63) is 33.8 Å². The Balaban J connectivity index is 3.20. The van der Waals surface area contributed by atoms with Crippen LogP contribution in [0.25, 0.3) is 0 Å². The minimum atomic E-state index is -3.31. The molecule has 1 unspecified atom stereocenters. The lowest BCUT2D eigenvalue weighted by Gasteiger charge is -2.28. The average Bonchev–Trinajstić information content (AvgIpc) is 2.47. The number of hydrogen-bond donors (Lipinski definition) is 1. The number of hydrogen-bond acceptors (Lipinski definition) is 2. The van der Waals surface area contributed by atoms with Gasteiger partial charge in [0, 0.05) is 6.04 Å². The summed E-state index contributed by atoms with van der Waals surface area (Å²) in [5.41, 5.74) is 0.881. The molecule has 132 valence electrons. The zero-order chi connectivity index (χ0) is 17.5. The number of rotatable bonds is 10. The van der Waals surface area contributed by atoms with Crippen LogP contribution in [0.4, 0.5) is 0 Å². The minimum absolute atomic E-state index is 0.135. The molecule has 0 saturated carbocycles. The van der Waals surface area contributed by atoms with E-state index < -0.39 is 10.0 Å².